The van der Waals surface area contributed by atoms with Crippen molar-refractivity contribution < 1.29 is 22.9 Å². The number of halogens is 3. The van der Waals surface area contributed by atoms with E-state index in [1.807, 2.05) is 0 Å². The van der Waals surface area contributed by atoms with Crippen LogP contribution in [0.5, 0.6) is 0 Å². The van der Waals surface area contributed by atoms with Crippen molar-refractivity contribution in [2.75, 3.05) is 4.72 Å². The van der Waals surface area contributed by atoms with Crippen LogP contribution >= 0.6 is 11.6 Å². The Balaban J connectivity index is 1.51. The predicted octanol–water partition coefficient (Wildman–Crippen LogP) is 4.43. The van der Waals surface area contributed by atoms with Crippen molar-refractivity contribution in [2.24, 2.45) is 0 Å². The second-order valence-corrected chi connectivity index (χ2v) is 9.05. The zero-order chi connectivity index (χ0) is 22.8. The van der Waals surface area contributed by atoms with Gasteiger partial charge in [0.05, 0.1) is 27.6 Å². The maximum Gasteiger partial charge on any atom is 0.251 e. The third-order valence-corrected chi connectivity index (χ3v) is 6.71. The van der Waals surface area contributed by atoms with E-state index >= 15 is 0 Å². The van der Waals surface area contributed by atoms with Crippen molar-refractivity contribution in [2.45, 2.75) is 18.2 Å². The highest BCUT2D eigenvalue weighted by Gasteiger charge is 2.39. The van der Waals surface area contributed by atoms with Gasteiger partial charge in [-0.05, 0) is 53.6 Å². The number of carbonyl (C=O) groups excluding carboxylic acids is 2. The molecule has 0 fully saturated rings. The molecule has 1 aliphatic heterocycles. The molecule has 164 valence electrons. The summed E-state index contributed by atoms with van der Waals surface area (Å²) in [5.74, 6) is -1.80. The first-order chi connectivity index (χ1) is 15.3. The fraction of sp³-hybridized carbons (Fsp3) is 0.130. The second kappa shape index (κ2) is 9.28. The average Bonchev–Trinajstić information content (AvgIpc) is 2.78. The number of ketones is 1. The van der Waals surface area contributed by atoms with E-state index in [2.05, 4.69) is 10.0 Å². The van der Waals surface area contributed by atoms with E-state index in [4.69, 9.17) is 11.6 Å². The zero-order valence-corrected chi connectivity index (χ0v) is 18.1. The number of Topliss-reactive ketones (excluding diaryl/α,β-unsaturated/α-hetero) is 1. The number of fused-ring (bicyclic) bond motifs is 1. The van der Waals surface area contributed by atoms with Crippen molar-refractivity contribution >= 4 is 40.3 Å². The van der Waals surface area contributed by atoms with Crippen LogP contribution in [0, 0.1) is 11.6 Å². The molecule has 1 heterocycles. The van der Waals surface area contributed by atoms with Crippen LogP contribution in [0.2, 0.25) is 5.02 Å². The monoisotopic (exact) mass is 474 g/mol. The minimum absolute atomic E-state index is 0.0374. The third kappa shape index (κ3) is 4.77. The molecule has 0 aliphatic carbocycles. The normalized spacial score (nSPS) is 17.4. The molecule has 3 aromatic carbocycles. The van der Waals surface area contributed by atoms with Crippen molar-refractivity contribution in [1.82, 2.24) is 5.32 Å². The van der Waals surface area contributed by atoms with Gasteiger partial charge in [0, 0.05) is 18.5 Å². The van der Waals surface area contributed by atoms with E-state index in [1.54, 1.807) is 18.2 Å². The van der Waals surface area contributed by atoms with Gasteiger partial charge in [-0.3, -0.25) is 9.59 Å². The molecule has 0 bridgehead atoms. The van der Waals surface area contributed by atoms with Gasteiger partial charge in [-0.15, -0.1) is 0 Å². The minimum atomic E-state index is -1.72. The Morgan fingerprint density at radius 3 is 2.50 bits per heavy atom. The molecule has 2 N–H and O–H groups in total. The summed E-state index contributed by atoms with van der Waals surface area (Å²) in [6.45, 7) is 0.192. The van der Waals surface area contributed by atoms with Crippen LogP contribution in [-0.4, -0.2) is 21.5 Å². The molecule has 1 aliphatic rings. The number of benzene rings is 3. The first-order valence-corrected chi connectivity index (χ1v) is 11.2. The van der Waals surface area contributed by atoms with Gasteiger partial charge in [0.1, 0.15) is 11.6 Å². The van der Waals surface area contributed by atoms with Crippen LogP contribution in [-0.2, 0) is 24.3 Å². The van der Waals surface area contributed by atoms with Gasteiger partial charge in [-0.25, -0.2) is 13.5 Å². The van der Waals surface area contributed by atoms with Gasteiger partial charge >= 0.3 is 0 Å². The highest BCUT2D eigenvalue weighted by molar-refractivity contribution is 7.94. The van der Waals surface area contributed by atoms with E-state index in [-0.39, 0.29) is 34.9 Å². The number of carbonyl (C=O) groups is 2. The SMILES string of the molecule is O=C(NCc1ccc(F)cc1)c1ccc2c(c1)C(=O)C(Cc1ccc(Cl)c(F)c1)[S+]([O-])N2. The Kier molecular flexibility index (Phi) is 6.45. The van der Waals surface area contributed by atoms with Crippen molar-refractivity contribution in [3.8, 4) is 0 Å². The summed E-state index contributed by atoms with van der Waals surface area (Å²) in [6.07, 6.45) is 0.0486. The minimum Gasteiger partial charge on any atom is -0.592 e. The maximum absolute atomic E-state index is 13.8. The van der Waals surface area contributed by atoms with Crippen LogP contribution in [0.25, 0.3) is 0 Å². The molecule has 0 aromatic heterocycles. The van der Waals surface area contributed by atoms with E-state index in [0.717, 1.165) is 5.56 Å². The largest absolute Gasteiger partial charge is 0.592 e. The third-order valence-electron chi connectivity index (χ3n) is 5.08. The van der Waals surface area contributed by atoms with Crippen molar-refractivity contribution in [1.29, 1.82) is 0 Å². The molecule has 32 heavy (non-hydrogen) atoms. The number of anilines is 1. The van der Waals surface area contributed by atoms with Crippen LogP contribution in [0.3, 0.4) is 0 Å². The topological polar surface area (TPSA) is 81.3 Å². The quantitative estimate of drug-likeness (QED) is 0.536. The van der Waals surface area contributed by atoms with Gasteiger partial charge in [0.25, 0.3) is 5.91 Å². The Labute approximate surface area is 191 Å². The predicted molar refractivity (Wildman–Crippen MR) is 119 cm³/mol. The van der Waals surface area contributed by atoms with Crippen LogP contribution in [0.1, 0.15) is 31.8 Å². The smallest absolute Gasteiger partial charge is 0.251 e. The summed E-state index contributed by atoms with van der Waals surface area (Å²) in [6, 6.07) is 14.4. The Bertz CT molecular complexity index is 1190. The van der Waals surface area contributed by atoms with E-state index in [0.29, 0.717) is 11.3 Å². The summed E-state index contributed by atoms with van der Waals surface area (Å²) >= 11 is 3.98. The molecule has 0 saturated heterocycles. The number of nitrogens with one attached hydrogen (secondary N) is 2. The lowest BCUT2D eigenvalue weighted by Gasteiger charge is -2.27. The highest BCUT2D eigenvalue weighted by atomic mass is 35.5. The first kappa shape index (κ1) is 22.3. The molecule has 2 unspecified atom stereocenters. The highest BCUT2D eigenvalue weighted by Crippen LogP contribution is 2.30. The van der Waals surface area contributed by atoms with Crippen LogP contribution in [0.15, 0.2) is 60.7 Å². The van der Waals surface area contributed by atoms with E-state index < -0.39 is 34.1 Å². The molecule has 0 radical (unpaired) electrons. The van der Waals surface area contributed by atoms with Gasteiger partial charge in [0.2, 0.25) is 11.0 Å². The lowest BCUT2D eigenvalue weighted by atomic mass is 9.98. The summed E-state index contributed by atoms with van der Waals surface area (Å²) in [7, 11) is 0. The molecule has 0 saturated carbocycles. The molecule has 0 spiro atoms. The molecule has 3 aromatic rings. The van der Waals surface area contributed by atoms with Crippen molar-refractivity contribution in [3.63, 3.8) is 0 Å². The number of hydrogen-bond acceptors (Lipinski definition) is 4. The molecular weight excluding hydrogens is 458 g/mol. The zero-order valence-electron chi connectivity index (χ0n) is 16.5. The fourth-order valence-corrected chi connectivity index (χ4v) is 4.68. The first-order valence-electron chi connectivity index (χ1n) is 9.64. The Morgan fingerprint density at radius 2 is 1.78 bits per heavy atom. The molecule has 2 atom stereocenters. The molecule has 4 rings (SSSR count). The van der Waals surface area contributed by atoms with Gasteiger partial charge in [0.15, 0.2) is 0 Å². The summed E-state index contributed by atoms with van der Waals surface area (Å²) in [5, 5.41) is 1.74. The number of amides is 1. The standard InChI is InChI=1S/C23H17ClF2N2O3S/c24-18-7-3-14(9-19(18)26)10-21-22(29)17-11-15(4-8-20(17)28-32(21)31)23(30)27-12-13-1-5-16(25)6-2-13/h1-9,11,21,28H,10,12H2,(H,27,30). The average molecular weight is 475 g/mol. The van der Waals surface area contributed by atoms with Gasteiger partial charge < -0.3 is 9.87 Å². The summed E-state index contributed by atoms with van der Waals surface area (Å²) in [4.78, 5) is 25.6. The lowest BCUT2D eigenvalue weighted by Crippen LogP contribution is -2.41. The number of rotatable bonds is 5. The maximum atomic E-state index is 13.8. The lowest BCUT2D eigenvalue weighted by molar-refractivity contribution is 0.0951. The number of hydrogen-bond donors (Lipinski definition) is 2. The molecule has 5 nitrogen and oxygen atoms in total. The Hall–Kier alpha value is -2.94. The molecule has 1 amide bonds. The molecule has 9 heteroatoms. The van der Waals surface area contributed by atoms with Crippen LogP contribution < -0.4 is 10.0 Å². The van der Waals surface area contributed by atoms with Crippen molar-refractivity contribution in [3.05, 3.63) is 99.6 Å². The second-order valence-electron chi connectivity index (χ2n) is 7.27. The van der Waals surface area contributed by atoms with Gasteiger partial charge in [-0.1, -0.05) is 29.8 Å². The van der Waals surface area contributed by atoms with E-state index in [9.17, 15) is 22.9 Å². The summed E-state index contributed by atoms with van der Waals surface area (Å²) < 4.78 is 42.1. The van der Waals surface area contributed by atoms with E-state index in [1.165, 1.54) is 42.5 Å². The molecular formula is C23H17ClF2N2O3S. The summed E-state index contributed by atoms with van der Waals surface area (Å²) in [5.41, 5.74) is 2.06. The van der Waals surface area contributed by atoms with Crippen LogP contribution in [0.4, 0.5) is 14.5 Å². The fourth-order valence-electron chi connectivity index (χ4n) is 3.36. The Morgan fingerprint density at radius 1 is 1.06 bits per heavy atom. The van der Waals surface area contributed by atoms with Gasteiger partial charge in [-0.2, -0.15) is 0 Å².